The van der Waals surface area contributed by atoms with Crippen LogP contribution in [0.15, 0.2) is 18.2 Å². The molecule has 1 fully saturated rings. The van der Waals surface area contributed by atoms with Gasteiger partial charge in [-0.2, -0.15) is 0 Å². The predicted octanol–water partition coefficient (Wildman–Crippen LogP) is 2.50. The number of halogens is 1. The van der Waals surface area contributed by atoms with E-state index in [-0.39, 0.29) is 6.03 Å². The van der Waals surface area contributed by atoms with Gasteiger partial charge in [0.15, 0.2) is 0 Å². The highest BCUT2D eigenvalue weighted by atomic mass is 35.5. The Morgan fingerprint density at radius 3 is 3.00 bits per heavy atom. The van der Waals surface area contributed by atoms with Crippen molar-refractivity contribution < 1.29 is 9.90 Å². The van der Waals surface area contributed by atoms with Crippen LogP contribution in [-0.2, 0) is 0 Å². The van der Waals surface area contributed by atoms with Crippen LogP contribution < -0.4 is 10.2 Å². The zero-order valence-corrected chi connectivity index (χ0v) is 14.8. The molecule has 1 aliphatic rings. The number of carbonyl (C=O) groups is 1. The number of aliphatic hydroxyl groups is 1. The highest BCUT2D eigenvalue weighted by Gasteiger charge is 2.24. The summed E-state index contributed by atoms with van der Waals surface area (Å²) in [6.07, 6.45) is 0.533. The Bertz CT molecular complexity index is 551. The summed E-state index contributed by atoms with van der Waals surface area (Å²) < 4.78 is 0. The molecule has 23 heavy (non-hydrogen) atoms. The monoisotopic (exact) mass is 339 g/mol. The predicted molar refractivity (Wildman–Crippen MR) is 94.2 cm³/mol. The number of hydrogen-bond donors (Lipinski definition) is 2. The molecule has 1 heterocycles. The smallest absolute Gasteiger partial charge is 0.317 e. The number of hydrogen-bond acceptors (Lipinski definition) is 3. The SMILES string of the molecule is Cc1ccc(Cl)cc1N1CCC(CNC(=O)N(C)CC(C)O)C1. The third-order valence-electron chi connectivity index (χ3n) is 4.22. The first-order valence-corrected chi connectivity index (χ1v) is 8.42. The molecule has 0 aliphatic carbocycles. The molecule has 1 saturated heterocycles. The lowest BCUT2D eigenvalue weighted by atomic mass is 10.1. The quantitative estimate of drug-likeness (QED) is 0.866. The molecule has 128 valence electrons. The number of nitrogens with zero attached hydrogens (tertiary/aromatic N) is 2. The zero-order chi connectivity index (χ0) is 17.0. The van der Waals surface area contributed by atoms with Crippen LogP contribution in [0.1, 0.15) is 18.9 Å². The van der Waals surface area contributed by atoms with E-state index in [1.165, 1.54) is 16.2 Å². The Kier molecular flexibility index (Phi) is 6.13. The van der Waals surface area contributed by atoms with E-state index in [9.17, 15) is 9.90 Å². The van der Waals surface area contributed by atoms with Gasteiger partial charge in [0, 0.05) is 43.9 Å². The number of aryl methyl sites for hydroxylation is 1. The van der Waals surface area contributed by atoms with E-state index in [4.69, 9.17) is 11.6 Å². The average molecular weight is 340 g/mol. The highest BCUT2D eigenvalue weighted by Crippen LogP contribution is 2.29. The number of likely N-dealkylation sites (N-methyl/N-ethyl adjacent to an activating group) is 1. The molecule has 0 aromatic heterocycles. The van der Waals surface area contributed by atoms with Gasteiger partial charge in [-0.05, 0) is 43.9 Å². The molecule has 2 amide bonds. The van der Waals surface area contributed by atoms with E-state index in [0.29, 0.717) is 19.0 Å². The van der Waals surface area contributed by atoms with Gasteiger partial charge in [-0.1, -0.05) is 17.7 Å². The second-order valence-electron chi connectivity index (χ2n) is 6.45. The van der Waals surface area contributed by atoms with Gasteiger partial charge in [-0.3, -0.25) is 0 Å². The van der Waals surface area contributed by atoms with Gasteiger partial charge in [0.2, 0.25) is 0 Å². The molecule has 0 bridgehead atoms. The number of anilines is 1. The first-order valence-electron chi connectivity index (χ1n) is 8.05. The zero-order valence-electron chi connectivity index (χ0n) is 14.1. The van der Waals surface area contributed by atoms with Crippen LogP contribution in [0, 0.1) is 12.8 Å². The van der Waals surface area contributed by atoms with Crippen LogP contribution in [0.2, 0.25) is 5.02 Å². The van der Waals surface area contributed by atoms with Crippen molar-refractivity contribution in [3.63, 3.8) is 0 Å². The lowest BCUT2D eigenvalue weighted by Gasteiger charge is -2.22. The van der Waals surface area contributed by atoms with Crippen LogP contribution in [-0.4, -0.2) is 55.4 Å². The van der Waals surface area contributed by atoms with Crippen molar-refractivity contribution in [1.29, 1.82) is 0 Å². The van der Waals surface area contributed by atoms with Crippen LogP contribution in [0.4, 0.5) is 10.5 Å². The molecular weight excluding hydrogens is 314 g/mol. The fraction of sp³-hybridized carbons (Fsp3) is 0.588. The molecule has 1 aromatic rings. The molecule has 6 heteroatoms. The van der Waals surface area contributed by atoms with Crippen LogP contribution >= 0.6 is 11.6 Å². The van der Waals surface area contributed by atoms with Crippen molar-refractivity contribution in [3.05, 3.63) is 28.8 Å². The van der Waals surface area contributed by atoms with E-state index < -0.39 is 6.10 Å². The van der Waals surface area contributed by atoms with Crippen molar-refractivity contribution in [3.8, 4) is 0 Å². The van der Waals surface area contributed by atoms with Crippen molar-refractivity contribution in [1.82, 2.24) is 10.2 Å². The number of nitrogens with one attached hydrogen (secondary N) is 1. The second kappa shape index (κ2) is 7.88. The fourth-order valence-corrected chi connectivity index (χ4v) is 3.15. The van der Waals surface area contributed by atoms with Crippen molar-refractivity contribution in [2.75, 3.05) is 38.1 Å². The minimum absolute atomic E-state index is 0.136. The van der Waals surface area contributed by atoms with Gasteiger partial charge in [-0.15, -0.1) is 0 Å². The maximum atomic E-state index is 12.0. The van der Waals surface area contributed by atoms with Crippen molar-refractivity contribution in [2.24, 2.45) is 5.92 Å². The number of aliphatic hydroxyl groups excluding tert-OH is 1. The highest BCUT2D eigenvalue weighted by molar-refractivity contribution is 6.30. The molecule has 2 N–H and O–H groups in total. The standard InChI is InChI=1S/C17H26ClN3O2/c1-12-4-5-15(18)8-16(12)21-7-6-14(11-21)9-19-17(23)20(3)10-13(2)22/h4-5,8,13-14,22H,6-7,9-11H2,1-3H3,(H,19,23). The molecule has 0 radical (unpaired) electrons. The van der Waals surface area contributed by atoms with Crippen molar-refractivity contribution in [2.45, 2.75) is 26.4 Å². The van der Waals surface area contributed by atoms with Gasteiger partial charge in [0.25, 0.3) is 0 Å². The van der Waals surface area contributed by atoms with Gasteiger partial charge in [0.05, 0.1) is 6.10 Å². The summed E-state index contributed by atoms with van der Waals surface area (Å²) in [7, 11) is 1.69. The Hall–Kier alpha value is -1.46. The van der Waals surface area contributed by atoms with E-state index >= 15 is 0 Å². The molecular formula is C17H26ClN3O2. The third kappa shape index (κ3) is 5.01. The minimum Gasteiger partial charge on any atom is -0.392 e. The van der Waals surface area contributed by atoms with Crippen LogP contribution in [0.3, 0.4) is 0 Å². The molecule has 5 nitrogen and oxygen atoms in total. The summed E-state index contributed by atoms with van der Waals surface area (Å²) in [6, 6.07) is 5.82. The Labute approximate surface area is 143 Å². The molecule has 1 aliphatic heterocycles. The number of carbonyl (C=O) groups excluding carboxylic acids is 1. The lowest BCUT2D eigenvalue weighted by molar-refractivity contribution is 0.143. The Balaban J connectivity index is 1.84. The third-order valence-corrected chi connectivity index (χ3v) is 4.46. The number of rotatable bonds is 5. The molecule has 2 unspecified atom stereocenters. The summed E-state index contributed by atoms with van der Waals surface area (Å²) in [6.45, 7) is 6.65. The van der Waals surface area contributed by atoms with Crippen molar-refractivity contribution >= 4 is 23.3 Å². The van der Waals surface area contributed by atoms with Crippen LogP contribution in [0.5, 0.6) is 0 Å². The molecule has 0 saturated carbocycles. The summed E-state index contributed by atoms with van der Waals surface area (Å²) >= 11 is 6.10. The number of urea groups is 1. The summed E-state index contributed by atoms with van der Waals surface area (Å²) in [5, 5.41) is 13.0. The summed E-state index contributed by atoms with van der Waals surface area (Å²) in [5.41, 5.74) is 2.40. The summed E-state index contributed by atoms with van der Waals surface area (Å²) in [5.74, 6) is 0.428. The normalized spacial score (nSPS) is 18.8. The topological polar surface area (TPSA) is 55.8 Å². The maximum Gasteiger partial charge on any atom is 0.317 e. The number of benzene rings is 1. The van der Waals surface area contributed by atoms with E-state index in [1.807, 2.05) is 18.2 Å². The Morgan fingerprint density at radius 1 is 1.57 bits per heavy atom. The number of amides is 2. The van der Waals surface area contributed by atoms with Gasteiger partial charge in [0.1, 0.15) is 0 Å². The summed E-state index contributed by atoms with van der Waals surface area (Å²) in [4.78, 5) is 15.8. The average Bonchev–Trinajstić information content (AvgIpc) is 2.95. The Morgan fingerprint density at radius 2 is 2.30 bits per heavy atom. The van der Waals surface area contributed by atoms with Gasteiger partial charge in [-0.25, -0.2) is 4.79 Å². The first-order chi connectivity index (χ1) is 10.9. The maximum absolute atomic E-state index is 12.0. The molecule has 2 atom stereocenters. The first kappa shape index (κ1) is 17.9. The second-order valence-corrected chi connectivity index (χ2v) is 6.88. The van der Waals surface area contributed by atoms with Crippen LogP contribution in [0.25, 0.3) is 0 Å². The van der Waals surface area contributed by atoms with Gasteiger partial charge < -0.3 is 20.2 Å². The van der Waals surface area contributed by atoms with E-state index in [2.05, 4.69) is 17.1 Å². The lowest BCUT2D eigenvalue weighted by Crippen LogP contribution is -2.42. The largest absolute Gasteiger partial charge is 0.392 e. The minimum atomic E-state index is -0.515. The molecule has 2 rings (SSSR count). The van der Waals surface area contributed by atoms with E-state index in [0.717, 1.165) is 24.5 Å². The fourth-order valence-electron chi connectivity index (χ4n) is 2.99. The van der Waals surface area contributed by atoms with Gasteiger partial charge >= 0.3 is 6.03 Å². The van der Waals surface area contributed by atoms with E-state index in [1.54, 1.807) is 14.0 Å². The molecule has 0 spiro atoms. The molecule has 1 aromatic carbocycles.